The van der Waals surface area contributed by atoms with E-state index >= 15 is 0 Å². The van der Waals surface area contributed by atoms with E-state index in [9.17, 15) is 4.79 Å². The molecule has 3 rings (SSSR count). The Labute approximate surface area is 115 Å². The highest BCUT2D eigenvalue weighted by Gasteiger charge is 2.48. The van der Waals surface area contributed by atoms with Crippen molar-refractivity contribution in [3.8, 4) is 0 Å². The van der Waals surface area contributed by atoms with Crippen LogP contribution in [0.3, 0.4) is 0 Å². The maximum atomic E-state index is 12.4. The van der Waals surface area contributed by atoms with E-state index in [0.717, 1.165) is 63.6 Å². The van der Waals surface area contributed by atoms with Crippen molar-refractivity contribution in [2.75, 3.05) is 26.2 Å². The Hall–Kier alpha value is -0.610. The summed E-state index contributed by atoms with van der Waals surface area (Å²) in [5.74, 6) is 2.56. The zero-order chi connectivity index (χ0) is 13.2. The molecule has 2 saturated carbocycles. The zero-order valence-corrected chi connectivity index (χ0v) is 11.7. The molecule has 0 aromatic carbocycles. The van der Waals surface area contributed by atoms with E-state index in [1.807, 2.05) is 0 Å². The summed E-state index contributed by atoms with van der Waals surface area (Å²) in [7, 11) is 0. The van der Waals surface area contributed by atoms with Crippen molar-refractivity contribution in [2.24, 2.45) is 23.5 Å². The first kappa shape index (κ1) is 13.4. The Morgan fingerprint density at radius 2 is 1.84 bits per heavy atom. The molecule has 19 heavy (non-hydrogen) atoms. The van der Waals surface area contributed by atoms with Gasteiger partial charge in [0.2, 0.25) is 5.91 Å². The number of fused-ring (bicyclic) bond motifs is 1. The summed E-state index contributed by atoms with van der Waals surface area (Å²) in [5.41, 5.74) is 5.46. The second-order valence-electron chi connectivity index (χ2n) is 6.46. The molecule has 1 saturated heterocycles. The minimum absolute atomic E-state index is 0.340. The largest absolute Gasteiger partial charge is 0.378 e. The highest BCUT2D eigenvalue weighted by atomic mass is 16.5. The van der Waals surface area contributed by atoms with Crippen LogP contribution in [0.2, 0.25) is 0 Å². The molecule has 4 nitrogen and oxygen atoms in total. The Kier molecular flexibility index (Phi) is 4.08. The molecular formula is C15H26N2O2. The van der Waals surface area contributed by atoms with E-state index in [0.29, 0.717) is 24.5 Å². The maximum absolute atomic E-state index is 12.4. The fraction of sp³-hybridized carbons (Fsp3) is 0.933. The molecule has 0 radical (unpaired) electrons. The van der Waals surface area contributed by atoms with Crippen LogP contribution < -0.4 is 5.73 Å². The van der Waals surface area contributed by atoms with Crippen LogP contribution in [0.15, 0.2) is 0 Å². The second-order valence-corrected chi connectivity index (χ2v) is 6.46. The first-order chi connectivity index (χ1) is 9.28. The molecule has 0 spiro atoms. The number of carbonyl (C=O) groups is 1. The zero-order valence-electron chi connectivity index (χ0n) is 11.7. The quantitative estimate of drug-likeness (QED) is 0.765. The van der Waals surface area contributed by atoms with Crippen LogP contribution in [0, 0.1) is 17.8 Å². The highest BCUT2D eigenvalue weighted by Crippen LogP contribution is 2.54. The van der Waals surface area contributed by atoms with Gasteiger partial charge in [-0.2, -0.15) is 0 Å². The molecule has 0 aromatic rings. The second kappa shape index (κ2) is 5.80. The van der Waals surface area contributed by atoms with Gasteiger partial charge in [0, 0.05) is 25.6 Å². The third-order valence-corrected chi connectivity index (χ3v) is 5.05. The van der Waals surface area contributed by atoms with Crippen LogP contribution in [0.25, 0.3) is 0 Å². The number of hydrogen-bond acceptors (Lipinski definition) is 3. The third-order valence-electron chi connectivity index (χ3n) is 5.05. The minimum Gasteiger partial charge on any atom is -0.378 e. The van der Waals surface area contributed by atoms with Gasteiger partial charge in [-0.05, 0) is 56.9 Å². The lowest BCUT2D eigenvalue weighted by Crippen LogP contribution is -2.43. The van der Waals surface area contributed by atoms with Crippen molar-refractivity contribution < 1.29 is 9.53 Å². The molecule has 2 aliphatic carbocycles. The molecule has 1 amide bonds. The maximum Gasteiger partial charge on any atom is 0.225 e. The van der Waals surface area contributed by atoms with E-state index in [1.165, 1.54) is 6.42 Å². The lowest BCUT2D eigenvalue weighted by Gasteiger charge is -2.33. The summed E-state index contributed by atoms with van der Waals surface area (Å²) in [6.07, 6.45) is 6.98. The molecule has 3 fully saturated rings. The lowest BCUT2D eigenvalue weighted by atomic mass is 9.99. The smallest absolute Gasteiger partial charge is 0.225 e. The number of likely N-dealkylation sites (tertiary alicyclic amines) is 1. The number of nitrogens with two attached hydrogens (primary N) is 1. The van der Waals surface area contributed by atoms with Gasteiger partial charge in [0.15, 0.2) is 0 Å². The molecule has 108 valence electrons. The van der Waals surface area contributed by atoms with E-state index in [4.69, 9.17) is 10.5 Å². The summed E-state index contributed by atoms with van der Waals surface area (Å²) >= 11 is 0. The number of piperidine rings is 1. The monoisotopic (exact) mass is 266 g/mol. The Balaban J connectivity index is 1.38. The molecule has 3 aliphatic rings. The van der Waals surface area contributed by atoms with E-state index in [1.54, 1.807) is 0 Å². The van der Waals surface area contributed by atoms with Gasteiger partial charge in [-0.1, -0.05) is 0 Å². The number of carbonyl (C=O) groups excluding carboxylic acids is 1. The number of nitrogens with zero attached hydrogens (tertiary/aromatic N) is 1. The molecule has 2 N–H and O–H groups in total. The molecule has 4 heteroatoms. The molecule has 1 heterocycles. The van der Waals surface area contributed by atoms with E-state index in [2.05, 4.69) is 4.90 Å². The Morgan fingerprint density at radius 1 is 1.16 bits per heavy atom. The van der Waals surface area contributed by atoms with Gasteiger partial charge < -0.3 is 15.4 Å². The summed E-state index contributed by atoms with van der Waals surface area (Å²) in [6.45, 7) is 3.23. The van der Waals surface area contributed by atoms with Crippen molar-refractivity contribution in [1.29, 1.82) is 0 Å². The Morgan fingerprint density at radius 3 is 2.47 bits per heavy atom. The number of ether oxygens (including phenoxy) is 1. The van der Waals surface area contributed by atoms with Gasteiger partial charge in [-0.3, -0.25) is 4.79 Å². The molecule has 0 aromatic heterocycles. The fourth-order valence-corrected chi connectivity index (χ4v) is 3.75. The predicted molar refractivity (Wildman–Crippen MR) is 73.5 cm³/mol. The first-order valence-electron chi connectivity index (χ1n) is 7.88. The summed E-state index contributed by atoms with van der Waals surface area (Å²) in [6, 6.07) is 0. The van der Waals surface area contributed by atoms with Crippen LogP contribution in [0.1, 0.15) is 38.5 Å². The molecular weight excluding hydrogens is 240 g/mol. The van der Waals surface area contributed by atoms with Gasteiger partial charge in [0.05, 0.1) is 6.10 Å². The number of rotatable bonds is 5. The van der Waals surface area contributed by atoms with Crippen LogP contribution in [-0.2, 0) is 9.53 Å². The molecule has 0 bridgehead atoms. The average molecular weight is 266 g/mol. The van der Waals surface area contributed by atoms with Gasteiger partial charge in [0.25, 0.3) is 0 Å². The normalized spacial score (nSPS) is 34.4. The van der Waals surface area contributed by atoms with Crippen molar-refractivity contribution >= 4 is 5.91 Å². The van der Waals surface area contributed by atoms with E-state index < -0.39 is 0 Å². The molecule has 2 unspecified atom stereocenters. The van der Waals surface area contributed by atoms with Gasteiger partial charge in [-0.25, -0.2) is 0 Å². The van der Waals surface area contributed by atoms with Gasteiger partial charge in [0.1, 0.15) is 0 Å². The van der Waals surface area contributed by atoms with Crippen molar-refractivity contribution in [3.05, 3.63) is 0 Å². The standard InChI is InChI=1S/C15H26N2O2/c16-4-1-7-19-14-2-5-17(6-3-14)15(18)13-9-11-8-12(11)10-13/h11-14H,1-10,16H2. The van der Waals surface area contributed by atoms with Crippen molar-refractivity contribution in [1.82, 2.24) is 4.90 Å². The van der Waals surface area contributed by atoms with Gasteiger partial charge in [-0.15, -0.1) is 0 Å². The Bertz CT molecular complexity index is 316. The minimum atomic E-state index is 0.340. The molecule has 2 atom stereocenters. The highest BCUT2D eigenvalue weighted by molar-refractivity contribution is 5.79. The molecule has 1 aliphatic heterocycles. The van der Waals surface area contributed by atoms with Crippen LogP contribution in [-0.4, -0.2) is 43.2 Å². The summed E-state index contributed by atoms with van der Waals surface area (Å²) < 4.78 is 5.78. The van der Waals surface area contributed by atoms with Crippen LogP contribution >= 0.6 is 0 Å². The predicted octanol–water partition coefficient (Wildman–Crippen LogP) is 1.39. The number of hydrogen-bond donors (Lipinski definition) is 1. The summed E-state index contributed by atoms with van der Waals surface area (Å²) in [4.78, 5) is 14.5. The first-order valence-corrected chi connectivity index (χ1v) is 7.88. The fourth-order valence-electron chi connectivity index (χ4n) is 3.75. The summed E-state index contributed by atoms with van der Waals surface area (Å²) in [5, 5.41) is 0. The van der Waals surface area contributed by atoms with Crippen LogP contribution in [0.4, 0.5) is 0 Å². The SMILES string of the molecule is NCCCOC1CCN(C(=O)C2CC3CC3C2)CC1. The van der Waals surface area contributed by atoms with Crippen molar-refractivity contribution in [2.45, 2.75) is 44.6 Å². The van der Waals surface area contributed by atoms with Crippen LogP contribution in [0.5, 0.6) is 0 Å². The van der Waals surface area contributed by atoms with Crippen molar-refractivity contribution in [3.63, 3.8) is 0 Å². The third kappa shape index (κ3) is 3.11. The van der Waals surface area contributed by atoms with Gasteiger partial charge >= 0.3 is 0 Å². The topological polar surface area (TPSA) is 55.6 Å². The lowest BCUT2D eigenvalue weighted by molar-refractivity contribution is -0.138. The average Bonchev–Trinajstić information content (AvgIpc) is 3.05. The van der Waals surface area contributed by atoms with E-state index in [-0.39, 0.29) is 0 Å². The number of amides is 1.